The minimum atomic E-state index is -3.06. The Morgan fingerprint density at radius 2 is 2.00 bits per heavy atom. The summed E-state index contributed by atoms with van der Waals surface area (Å²) < 4.78 is 29.6. The molecule has 0 bridgehead atoms. The van der Waals surface area contributed by atoms with Gasteiger partial charge < -0.3 is 9.64 Å². The highest BCUT2D eigenvalue weighted by Gasteiger charge is 2.49. The van der Waals surface area contributed by atoms with Crippen LogP contribution < -0.4 is 9.64 Å². The second kappa shape index (κ2) is 7.60. The Hall–Kier alpha value is -1.54. The van der Waals surface area contributed by atoms with Gasteiger partial charge in [-0.25, -0.2) is 8.42 Å². The molecule has 142 valence electrons. The molecule has 3 rings (SSSR count). The Morgan fingerprint density at radius 3 is 2.62 bits per heavy atom. The zero-order chi connectivity index (χ0) is 18.9. The lowest BCUT2D eigenvalue weighted by Crippen LogP contribution is -2.37. The van der Waals surface area contributed by atoms with Crippen molar-refractivity contribution in [2.24, 2.45) is 10.9 Å². The van der Waals surface area contributed by atoms with E-state index in [9.17, 15) is 13.2 Å². The maximum Gasteiger partial charge on any atom is 0.248 e. The first-order valence-corrected chi connectivity index (χ1v) is 11.5. The molecule has 0 aliphatic carbocycles. The van der Waals surface area contributed by atoms with E-state index in [1.54, 1.807) is 0 Å². The maximum atomic E-state index is 12.2. The summed E-state index contributed by atoms with van der Waals surface area (Å²) in [5.41, 5.74) is 0.835. The fourth-order valence-electron chi connectivity index (χ4n) is 3.24. The number of thioether (sulfide) groups is 1. The van der Waals surface area contributed by atoms with Crippen molar-refractivity contribution in [3.8, 4) is 5.75 Å². The first-order chi connectivity index (χ1) is 12.3. The summed E-state index contributed by atoms with van der Waals surface area (Å²) in [6, 6.07) is 7.30. The van der Waals surface area contributed by atoms with Crippen LogP contribution >= 0.6 is 11.8 Å². The third kappa shape index (κ3) is 4.23. The second-order valence-electron chi connectivity index (χ2n) is 6.98. The molecular weight excluding hydrogens is 372 g/mol. The highest BCUT2D eigenvalue weighted by molar-refractivity contribution is 8.16. The zero-order valence-corrected chi connectivity index (χ0v) is 16.8. The zero-order valence-electron chi connectivity index (χ0n) is 15.2. The number of benzene rings is 1. The number of amidine groups is 1. The van der Waals surface area contributed by atoms with Crippen molar-refractivity contribution in [2.45, 2.75) is 38.5 Å². The van der Waals surface area contributed by atoms with E-state index in [-0.39, 0.29) is 34.6 Å². The van der Waals surface area contributed by atoms with Crippen LogP contribution in [0.3, 0.4) is 0 Å². The van der Waals surface area contributed by atoms with Gasteiger partial charge in [-0.05, 0) is 37.1 Å². The van der Waals surface area contributed by atoms with Crippen molar-refractivity contribution in [2.75, 3.05) is 23.0 Å². The van der Waals surface area contributed by atoms with Crippen molar-refractivity contribution in [3.05, 3.63) is 24.3 Å². The third-order valence-corrected chi connectivity index (χ3v) is 7.51. The molecular formula is C18H24N2O4S2. The Bertz CT molecular complexity index is 803. The molecule has 2 heterocycles. The fraction of sp³-hybridized carbons (Fsp3) is 0.556. The number of hydrogen-bond acceptors (Lipinski definition) is 5. The summed E-state index contributed by atoms with van der Waals surface area (Å²) in [5.74, 6) is 1.05. The third-order valence-electron chi connectivity index (χ3n) is 4.30. The Kier molecular flexibility index (Phi) is 5.62. The van der Waals surface area contributed by atoms with Crippen LogP contribution in [0, 0.1) is 5.92 Å². The van der Waals surface area contributed by atoms with Gasteiger partial charge in [0.05, 0.1) is 24.2 Å². The largest absolute Gasteiger partial charge is 0.494 e. The van der Waals surface area contributed by atoms with E-state index in [0.717, 1.165) is 11.4 Å². The summed E-state index contributed by atoms with van der Waals surface area (Å²) in [7, 11) is -3.06. The molecule has 1 amide bonds. The van der Waals surface area contributed by atoms with Crippen molar-refractivity contribution in [1.82, 2.24) is 0 Å². The number of carbonyl (C=O) groups is 1. The predicted molar refractivity (Wildman–Crippen MR) is 106 cm³/mol. The molecule has 0 N–H and O–H groups in total. The van der Waals surface area contributed by atoms with E-state index in [2.05, 4.69) is 4.99 Å². The summed E-state index contributed by atoms with van der Waals surface area (Å²) in [6.45, 7) is 6.46. The van der Waals surface area contributed by atoms with Crippen molar-refractivity contribution < 1.29 is 17.9 Å². The molecule has 2 aliphatic rings. The number of amides is 1. The minimum Gasteiger partial charge on any atom is -0.494 e. The van der Waals surface area contributed by atoms with Gasteiger partial charge in [-0.1, -0.05) is 25.6 Å². The number of nitrogens with zero attached hydrogens (tertiary/aromatic N) is 2. The number of aliphatic imine (C=N–C) groups is 1. The van der Waals surface area contributed by atoms with Crippen molar-refractivity contribution in [3.63, 3.8) is 0 Å². The SMILES string of the molecule is CCOc1ccc(N2C(=NC(=O)CC(C)C)S[C@H]3CS(=O)(=O)C[C@@H]32)cc1. The van der Waals surface area contributed by atoms with Crippen LogP contribution in [0.25, 0.3) is 0 Å². The molecule has 0 saturated carbocycles. The van der Waals surface area contributed by atoms with Crippen LogP contribution in [0.4, 0.5) is 5.69 Å². The van der Waals surface area contributed by atoms with E-state index >= 15 is 0 Å². The Labute approximate surface area is 158 Å². The molecule has 2 aliphatic heterocycles. The molecule has 0 aromatic heterocycles. The Balaban J connectivity index is 1.92. The van der Waals surface area contributed by atoms with Gasteiger partial charge in [0.2, 0.25) is 5.91 Å². The molecule has 0 spiro atoms. The summed E-state index contributed by atoms with van der Waals surface area (Å²) in [6.07, 6.45) is 0.384. The molecule has 0 unspecified atom stereocenters. The molecule has 2 saturated heterocycles. The number of carbonyl (C=O) groups excluding carboxylic acids is 1. The number of hydrogen-bond donors (Lipinski definition) is 0. The van der Waals surface area contributed by atoms with Gasteiger partial charge in [0.25, 0.3) is 0 Å². The van der Waals surface area contributed by atoms with E-state index in [4.69, 9.17) is 4.74 Å². The number of anilines is 1. The van der Waals surface area contributed by atoms with Gasteiger partial charge in [-0.2, -0.15) is 4.99 Å². The molecule has 1 aromatic rings. The van der Waals surface area contributed by atoms with E-state index in [1.807, 2.05) is 49.9 Å². The second-order valence-corrected chi connectivity index (χ2v) is 10.3. The number of fused-ring (bicyclic) bond motifs is 1. The van der Waals surface area contributed by atoms with Gasteiger partial charge in [0, 0.05) is 17.4 Å². The lowest BCUT2D eigenvalue weighted by atomic mass is 10.1. The molecule has 8 heteroatoms. The van der Waals surface area contributed by atoms with Crippen molar-refractivity contribution >= 4 is 38.4 Å². The molecule has 6 nitrogen and oxygen atoms in total. The molecule has 2 fully saturated rings. The monoisotopic (exact) mass is 396 g/mol. The van der Waals surface area contributed by atoms with Gasteiger partial charge in [-0.3, -0.25) is 4.79 Å². The van der Waals surface area contributed by atoms with Crippen LogP contribution in [0.5, 0.6) is 5.75 Å². The number of rotatable bonds is 5. The topological polar surface area (TPSA) is 76.0 Å². The first kappa shape index (κ1) is 19.2. The summed E-state index contributed by atoms with van der Waals surface area (Å²) >= 11 is 1.40. The minimum absolute atomic E-state index is 0.0860. The van der Waals surface area contributed by atoms with Crippen LogP contribution in [0.2, 0.25) is 0 Å². The number of sulfone groups is 1. The van der Waals surface area contributed by atoms with Crippen LogP contribution in [-0.4, -0.2) is 48.9 Å². The van der Waals surface area contributed by atoms with Crippen LogP contribution in [-0.2, 0) is 14.6 Å². The van der Waals surface area contributed by atoms with Crippen LogP contribution in [0.1, 0.15) is 27.2 Å². The fourth-order valence-corrected chi connectivity index (χ4v) is 7.17. The molecule has 1 aromatic carbocycles. The van der Waals surface area contributed by atoms with E-state index < -0.39 is 9.84 Å². The first-order valence-electron chi connectivity index (χ1n) is 8.79. The molecule has 2 atom stereocenters. The van der Waals surface area contributed by atoms with Gasteiger partial charge >= 0.3 is 0 Å². The van der Waals surface area contributed by atoms with E-state index in [1.165, 1.54) is 11.8 Å². The van der Waals surface area contributed by atoms with E-state index in [0.29, 0.717) is 18.2 Å². The lowest BCUT2D eigenvalue weighted by Gasteiger charge is -2.24. The maximum absolute atomic E-state index is 12.2. The quantitative estimate of drug-likeness (QED) is 0.762. The summed E-state index contributed by atoms with van der Waals surface area (Å²) in [4.78, 5) is 18.4. The Morgan fingerprint density at radius 1 is 1.31 bits per heavy atom. The summed E-state index contributed by atoms with van der Waals surface area (Å²) in [5, 5.41) is 0.516. The average molecular weight is 397 g/mol. The van der Waals surface area contributed by atoms with Gasteiger partial charge in [0.15, 0.2) is 15.0 Å². The van der Waals surface area contributed by atoms with Gasteiger partial charge in [-0.15, -0.1) is 0 Å². The smallest absolute Gasteiger partial charge is 0.248 e. The van der Waals surface area contributed by atoms with Gasteiger partial charge in [0.1, 0.15) is 5.75 Å². The van der Waals surface area contributed by atoms with Crippen molar-refractivity contribution in [1.29, 1.82) is 0 Å². The average Bonchev–Trinajstić information content (AvgIpc) is 2.98. The predicted octanol–water partition coefficient (Wildman–Crippen LogP) is 2.73. The number of ether oxygens (including phenoxy) is 1. The lowest BCUT2D eigenvalue weighted by molar-refractivity contribution is -0.118. The standard InChI is InChI=1S/C18H24N2O4S2/c1-4-24-14-7-5-13(6-8-14)20-15-10-26(22,23)11-16(15)25-18(20)19-17(21)9-12(2)3/h5-8,12,15-16H,4,9-11H2,1-3H3/t15-,16-/m0/s1. The molecule has 26 heavy (non-hydrogen) atoms. The molecule has 0 radical (unpaired) electrons. The van der Waals surface area contributed by atoms with Crippen LogP contribution in [0.15, 0.2) is 29.3 Å². The highest BCUT2D eigenvalue weighted by Crippen LogP contribution is 2.41. The normalized spacial score (nSPS) is 25.7. The highest BCUT2D eigenvalue weighted by atomic mass is 32.2.